The van der Waals surface area contributed by atoms with Gasteiger partial charge in [-0.3, -0.25) is 9.36 Å². The van der Waals surface area contributed by atoms with E-state index >= 15 is 0 Å². The molecule has 3 rings (SSSR count). The van der Waals surface area contributed by atoms with Gasteiger partial charge in [-0.2, -0.15) is 13.8 Å². The van der Waals surface area contributed by atoms with Gasteiger partial charge in [0.2, 0.25) is 6.23 Å². The van der Waals surface area contributed by atoms with Crippen molar-refractivity contribution in [3.05, 3.63) is 58.1 Å². The van der Waals surface area contributed by atoms with E-state index in [1.807, 2.05) is 0 Å². The number of alkyl halides is 2. The molecule has 3 atom stereocenters. The molecule has 3 N–H and O–H groups in total. The van der Waals surface area contributed by atoms with Crippen LogP contribution >= 0.6 is 0 Å². The second-order valence-electron chi connectivity index (χ2n) is 9.48. The third-order valence-corrected chi connectivity index (χ3v) is 6.48. The lowest BCUT2D eigenvalue weighted by atomic mass is 10.1. The topological polar surface area (TPSA) is 140 Å². The van der Waals surface area contributed by atoms with Gasteiger partial charge in [0.25, 0.3) is 5.91 Å². The monoisotopic (exact) mass is 551 g/mol. The van der Waals surface area contributed by atoms with Crippen molar-refractivity contribution in [2.24, 2.45) is 0 Å². The molecule has 1 aliphatic heterocycles. The number of rotatable bonds is 14. The van der Waals surface area contributed by atoms with Crippen LogP contribution in [0.2, 0.25) is 0 Å². The Morgan fingerprint density at radius 1 is 1.10 bits per heavy atom. The number of nitrogens with zero attached hydrogens (tertiary/aromatic N) is 2. The van der Waals surface area contributed by atoms with E-state index in [1.165, 1.54) is 56.4 Å². The summed E-state index contributed by atoms with van der Waals surface area (Å²) in [4.78, 5) is 41.1. The SMILES string of the molecule is CCCCCCCCCCOC(=O)c1cccc(C(=O)Nc2ccn(C3OC(CO)C(O)C3(F)F)c(=O)n2)c1. The third-order valence-electron chi connectivity index (χ3n) is 6.48. The van der Waals surface area contributed by atoms with Crippen molar-refractivity contribution in [3.63, 3.8) is 0 Å². The Labute approximate surface area is 225 Å². The van der Waals surface area contributed by atoms with Gasteiger partial charge >= 0.3 is 17.6 Å². The van der Waals surface area contributed by atoms with Crippen molar-refractivity contribution in [2.75, 3.05) is 18.5 Å². The van der Waals surface area contributed by atoms with Crippen LogP contribution in [-0.2, 0) is 9.47 Å². The van der Waals surface area contributed by atoms with Crippen LogP contribution in [0, 0.1) is 0 Å². The Morgan fingerprint density at radius 3 is 2.41 bits per heavy atom. The first-order chi connectivity index (χ1) is 18.7. The molecule has 0 radical (unpaired) electrons. The lowest BCUT2D eigenvalue weighted by molar-refractivity contribution is -0.140. The molecule has 12 heteroatoms. The number of aliphatic hydroxyl groups is 2. The Kier molecular flexibility index (Phi) is 11.1. The molecule has 2 heterocycles. The van der Waals surface area contributed by atoms with E-state index in [1.54, 1.807) is 0 Å². The van der Waals surface area contributed by atoms with Crippen LogP contribution in [0.5, 0.6) is 0 Å². The Hall–Kier alpha value is -3.22. The number of anilines is 1. The molecule has 3 unspecified atom stereocenters. The van der Waals surface area contributed by atoms with E-state index in [4.69, 9.17) is 14.6 Å². The molecule has 1 aromatic carbocycles. The Morgan fingerprint density at radius 2 is 1.77 bits per heavy atom. The zero-order valence-corrected chi connectivity index (χ0v) is 21.9. The highest BCUT2D eigenvalue weighted by molar-refractivity contribution is 6.05. The van der Waals surface area contributed by atoms with Crippen LogP contribution in [0.1, 0.15) is 85.2 Å². The normalized spacial score (nSPS) is 20.1. The quantitative estimate of drug-likeness (QED) is 0.239. The smallest absolute Gasteiger partial charge is 0.351 e. The van der Waals surface area contributed by atoms with Gasteiger partial charge in [-0.15, -0.1) is 0 Å². The Balaban J connectivity index is 1.53. The fourth-order valence-electron chi connectivity index (χ4n) is 4.24. The molecule has 1 aromatic heterocycles. The summed E-state index contributed by atoms with van der Waals surface area (Å²) >= 11 is 0. The lowest BCUT2D eigenvalue weighted by Gasteiger charge is -2.21. The number of ether oxygens (including phenoxy) is 2. The summed E-state index contributed by atoms with van der Waals surface area (Å²) < 4.78 is 39.4. The van der Waals surface area contributed by atoms with Crippen molar-refractivity contribution >= 4 is 17.7 Å². The first kappa shape index (κ1) is 30.3. The summed E-state index contributed by atoms with van der Waals surface area (Å²) in [6.07, 6.45) is 3.81. The number of esters is 1. The van der Waals surface area contributed by atoms with Crippen LogP contribution < -0.4 is 11.0 Å². The van der Waals surface area contributed by atoms with Gasteiger partial charge in [-0.1, -0.05) is 57.9 Å². The van der Waals surface area contributed by atoms with Gasteiger partial charge in [0, 0.05) is 11.8 Å². The predicted molar refractivity (Wildman–Crippen MR) is 138 cm³/mol. The van der Waals surface area contributed by atoms with E-state index in [0.29, 0.717) is 4.57 Å². The summed E-state index contributed by atoms with van der Waals surface area (Å²) in [7, 11) is 0. The summed E-state index contributed by atoms with van der Waals surface area (Å²) in [5.41, 5.74) is -0.883. The largest absolute Gasteiger partial charge is 0.462 e. The predicted octanol–water partition coefficient (Wildman–Crippen LogP) is 3.68. The molecule has 10 nitrogen and oxygen atoms in total. The fourth-order valence-corrected chi connectivity index (χ4v) is 4.24. The molecule has 1 fully saturated rings. The number of unbranched alkanes of at least 4 members (excludes halogenated alkanes) is 7. The number of aromatic nitrogens is 2. The average Bonchev–Trinajstić information content (AvgIpc) is 3.15. The van der Waals surface area contributed by atoms with Crippen molar-refractivity contribution in [2.45, 2.75) is 82.6 Å². The second-order valence-corrected chi connectivity index (χ2v) is 9.48. The zero-order valence-electron chi connectivity index (χ0n) is 21.9. The highest BCUT2D eigenvalue weighted by atomic mass is 19.3. The van der Waals surface area contributed by atoms with Crippen LogP contribution in [0.4, 0.5) is 14.6 Å². The van der Waals surface area contributed by atoms with E-state index in [0.717, 1.165) is 31.5 Å². The summed E-state index contributed by atoms with van der Waals surface area (Å²) in [5.74, 6) is -5.32. The molecule has 0 saturated carbocycles. The van der Waals surface area contributed by atoms with Crippen LogP contribution in [-0.4, -0.2) is 63.0 Å². The molecule has 0 bridgehead atoms. The highest BCUT2D eigenvalue weighted by Crippen LogP contribution is 2.42. The van der Waals surface area contributed by atoms with Crippen molar-refractivity contribution < 1.29 is 38.1 Å². The molecule has 1 amide bonds. The number of carbonyl (C=O) groups is 2. The van der Waals surface area contributed by atoms with Crippen molar-refractivity contribution in [3.8, 4) is 0 Å². The molecule has 39 heavy (non-hydrogen) atoms. The summed E-state index contributed by atoms with van der Waals surface area (Å²) in [5, 5.41) is 21.2. The zero-order chi connectivity index (χ0) is 28.4. The minimum absolute atomic E-state index is 0.0991. The maximum atomic E-state index is 14.3. The molecule has 0 spiro atoms. The van der Waals surface area contributed by atoms with Crippen LogP contribution in [0.15, 0.2) is 41.3 Å². The van der Waals surface area contributed by atoms with Gasteiger partial charge in [0.1, 0.15) is 11.9 Å². The minimum Gasteiger partial charge on any atom is -0.462 e. The Bertz CT molecular complexity index is 1170. The molecule has 0 aliphatic carbocycles. The summed E-state index contributed by atoms with van der Waals surface area (Å²) in [6, 6.07) is 6.93. The van der Waals surface area contributed by atoms with Gasteiger partial charge < -0.3 is 25.0 Å². The lowest BCUT2D eigenvalue weighted by Crippen LogP contribution is -2.41. The number of hydrogen-bond acceptors (Lipinski definition) is 8. The standard InChI is InChI=1S/C27H35F2N3O7/c1-2-3-4-5-6-7-8-9-15-38-24(36)19-12-10-11-18(16-19)23(35)30-21-13-14-32(26(37)31-21)25-27(28,29)22(34)20(17-33)39-25/h10-14,16,20,22,25,33-34H,2-9,15,17H2,1H3,(H,30,31,35,37). The van der Waals surface area contributed by atoms with Crippen LogP contribution in [0.3, 0.4) is 0 Å². The maximum Gasteiger partial charge on any atom is 0.351 e. The maximum absolute atomic E-state index is 14.3. The summed E-state index contributed by atoms with van der Waals surface area (Å²) in [6.45, 7) is 1.59. The van der Waals surface area contributed by atoms with E-state index < -0.39 is 48.5 Å². The van der Waals surface area contributed by atoms with E-state index in [9.17, 15) is 28.3 Å². The molecule has 214 valence electrons. The van der Waals surface area contributed by atoms with Crippen LogP contribution in [0.25, 0.3) is 0 Å². The van der Waals surface area contributed by atoms with E-state index in [-0.39, 0.29) is 23.6 Å². The number of amides is 1. The second kappa shape index (κ2) is 14.2. The number of nitrogens with one attached hydrogen (secondary N) is 1. The number of aliphatic hydroxyl groups excluding tert-OH is 2. The van der Waals surface area contributed by atoms with E-state index in [2.05, 4.69) is 17.2 Å². The minimum atomic E-state index is -3.85. The number of hydrogen-bond donors (Lipinski definition) is 3. The first-order valence-corrected chi connectivity index (χ1v) is 13.2. The number of benzene rings is 1. The van der Waals surface area contributed by atoms with Crippen molar-refractivity contribution in [1.29, 1.82) is 0 Å². The highest BCUT2D eigenvalue weighted by Gasteiger charge is 2.59. The molecule has 2 aromatic rings. The fraction of sp³-hybridized carbons (Fsp3) is 0.556. The molecule has 1 aliphatic rings. The average molecular weight is 552 g/mol. The van der Waals surface area contributed by atoms with Gasteiger partial charge in [-0.05, 0) is 30.7 Å². The van der Waals surface area contributed by atoms with Gasteiger partial charge in [-0.25, -0.2) is 9.59 Å². The molecular formula is C27H35F2N3O7. The molecular weight excluding hydrogens is 516 g/mol. The number of carbonyl (C=O) groups excluding carboxylic acids is 2. The van der Waals surface area contributed by atoms with Gasteiger partial charge in [0.05, 0.1) is 18.8 Å². The van der Waals surface area contributed by atoms with Gasteiger partial charge in [0.15, 0.2) is 6.10 Å². The number of halogens is 2. The third kappa shape index (κ3) is 7.90. The van der Waals surface area contributed by atoms with Crippen molar-refractivity contribution in [1.82, 2.24) is 9.55 Å². The first-order valence-electron chi connectivity index (χ1n) is 13.2. The molecule has 1 saturated heterocycles.